The number of fused-ring (bicyclic) bond motifs is 1. The summed E-state index contributed by atoms with van der Waals surface area (Å²) < 4.78 is 4.75. The number of rotatable bonds is 3. The van der Waals surface area contributed by atoms with Crippen LogP contribution < -0.4 is 5.73 Å². The van der Waals surface area contributed by atoms with Gasteiger partial charge in [-0.2, -0.15) is 0 Å². The minimum absolute atomic E-state index is 0.593. The summed E-state index contributed by atoms with van der Waals surface area (Å²) in [6.07, 6.45) is 0. The fraction of sp³-hybridized carbons (Fsp3) is 0.0769. The Morgan fingerprint density at radius 1 is 1.00 bits per heavy atom. The van der Waals surface area contributed by atoms with Gasteiger partial charge in [-0.25, -0.2) is 4.63 Å². The van der Waals surface area contributed by atoms with E-state index in [9.17, 15) is 0 Å². The molecule has 0 radical (unpaired) electrons. The van der Waals surface area contributed by atoms with E-state index in [2.05, 4.69) is 22.4 Å². The van der Waals surface area contributed by atoms with Crippen LogP contribution in [0.3, 0.4) is 0 Å². The van der Waals surface area contributed by atoms with Crippen molar-refractivity contribution >= 4 is 28.5 Å². The minimum atomic E-state index is 0.593. The van der Waals surface area contributed by atoms with Crippen molar-refractivity contribution in [1.82, 2.24) is 10.3 Å². The molecule has 0 spiro atoms. The standard InChI is InChI=1S/C13H11N3OS/c14-10-6-7-11(13-12(10)15-17-16-13)18-8-9-4-2-1-3-5-9/h1-7H,8,14H2. The quantitative estimate of drug-likeness (QED) is 0.577. The molecule has 4 nitrogen and oxygen atoms in total. The molecule has 0 aliphatic carbocycles. The number of nitrogens with zero attached hydrogens (tertiary/aromatic N) is 2. The lowest BCUT2D eigenvalue weighted by atomic mass is 10.2. The fourth-order valence-corrected chi connectivity index (χ4v) is 2.66. The zero-order valence-corrected chi connectivity index (χ0v) is 10.4. The van der Waals surface area contributed by atoms with E-state index in [1.165, 1.54) is 5.56 Å². The normalized spacial score (nSPS) is 10.9. The van der Waals surface area contributed by atoms with Crippen molar-refractivity contribution < 1.29 is 4.63 Å². The number of anilines is 1. The van der Waals surface area contributed by atoms with Crippen LogP contribution in [0.5, 0.6) is 0 Å². The summed E-state index contributed by atoms with van der Waals surface area (Å²) in [6.45, 7) is 0. The van der Waals surface area contributed by atoms with Gasteiger partial charge in [0, 0.05) is 10.6 Å². The van der Waals surface area contributed by atoms with Crippen LogP contribution in [0, 0.1) is 0 Å². The number of nitrogens with two attached hydrogens (primary N) is 1. The molecule has 1 heterocycles. The van der Waals surface area contributed by atoms with Gasteiger partial charge in [0.05, 0.1) is 5.69 Å². The molecule has 3 aromatic rings. The van der Waals surface area contributed by atoms with Crippen LogP contribution >= 0.6 is 11.8 Å². The molecule has 0 unspecified atom stereocenters. The number of thioether (sulfide) groups is 1. The van der Waals surface area contributed by atoms with Crippen molar-refractivity contribution in [1.29, 1.82) is 0 Å². The first kappa shape index (κ1) is 11.1. The van der Waals surface area contributed by atoms with Crippen molar-refractivity contribution in [2.45, 2.75) is 10.6 Å². The van der Waals surface area contributed by atoms with Crippen LogP contribution in [-0.4, -0.2) is 10.3 Å². The summed E-state index contributed by atoms with van der Waals surface area (Å²) in [5.74, 6) is 0.882. The third kappa shape index (κ3) is 2.04. The van der Waals surface area contributed by atoms with Crippen LogP contribution in [0.25, 0.3) is 11.0 Å². The predicted octanol–water partition coefficient (Wildman–Crippen LogP) is 3.10. The molecule has 2 N–H and O–H groups in total. The molecule has 90 valence electrons. The van der Waals surface area contributed by atoms with Crippen LogP contribution in [0.1, 0.15) is 5.56 Å². The monoisotopic (exact) mass is 257 g/mol. The van der Waals surface area contributed by atoms with E-state index in [0.29, 0.717) is 11.2 Å². The third-order valence-corrected chi connectivity index (χ3v) is 3.76. The van der Waals surface area contributed by atoms with Gasteiger partial charge in [0.1, 0.15) is 0 Å². The molecule has 3 rings (SSSR count). The van der Waals surface area contributed by atoms with Gasteiger partial charge in [-0.1, -0.05) is 30.3 Å². The van der Waals surface area contributed by atoms with Gasteiger partial charge in [-0.05, 0) is 28.0 Å². The molecule has 0 saturated heterocycles. The van der Waals surface area contributed by atoms with Crippen LogP contribution in [0.4, 0.5) is 5.69 Å². The largest absolute Gasteiger partial charge is 0.397 e. The van der Waals surface area contributed by atoms with Crippen molar-refractivity contribution in [2.24, 2.45) is 0 Å². The number of hydrogen-bond acceptors (Lipinski definition) is 5. The molecule has 0 fully saturated rings. The maximum atomic E-state index is 5.81. The van der Waals surface area contributed by atoms with Gasteiger partial charge in [0.15, 0.2) is 11.0 Å². The first-order valence-electron chi connectivity index (χ1n) is 5.52. The van der Waals surface area contributed by atoms with E-state index in [1.807, 2.05) is 30.3 Å². The lowest BCUT2D eigenvalue weighted by Gasteiger charge is -2.02. The van der Waals surface area contributed by atoms with Crippen molar-refractivity contribution in [3.63, 3.8) is 0 Å². The summed E-state index contributed by atoms with van der Waals surface area (Å²) in [5, 5.41) is 7.71. The molecule has 0 saturated carbocycles. The zero-order chi connectivity index (χ0) is 12.4. The van der Waals surface area contributed by atoms with Gasteiger partial charge in [0.2, 0.25) is 0 Å². The van der Waals surface area contributed by atoms with Gasteiger partial charge in [-0.15, -0.1) is 11.8 Å². The summed E-state index contributed by atoms with van der Waals surface area (Å²) >= 11 is 1.70. The van der Waals surface area contributed by atoms with Crippen LogP contribution in [-0.2, 0) is 5.75 Å². The van der Waals surface area contributed by atoms with E-state index in [0.717, 1.165) is 16.2 Å². The Morgan fingerprint density at radius 3 is 2.61 bits per heavy atom. The first-order valence-corrected chi connectivity index (χ1v) is 6.50. The molecular weight excluding hydrogens is 246 g/mol. The summed E-state index contributed by atoms with van der Waals surface area (Å²) in [7, 11) is 0. The highest BCUT2D eigenvalue weighted by atomic mass is 32.2. The average molecular weight is 257 g/mol. The van der Waals surface area contributed by atoms with E-state index in [-0.39, 0.29) is 0 Å². The summed E-state index contributed by atoms with van der Waals surface area (Å²) in [4.78, 5) is 1.03. The maximum absolute atomic E-state index is 5.81. The Hall–Kier alpha value is -2.01. The minimum Gasteiger partial charge on any atom is -0.397 e. The van der Waals surface area contributed by atoms with Crippen molar-refractivity contribution in [3.8, 4) is 0 Å². The second kappa shape index (κ2) is 4.70. The Morgan fingerprint density at radius 2 is 1.78 bits per heavy atom. The molecule has 2 aromatic carbocycles. The van der Waals surface area contributed by atoms with E-state index < -0.39 is 0 Å². The first-order chi connectivity index (χ1) is 8.84. The van der Waals surface area contributed by atoms with E-state index >= 15 is 0 Å². The second-order valence-corrected chi connectivity index (χ2v) is 4.91. The topological polar surface area (TPSA) is 64.9 Å². The van der Waals surface area contributed by atoms with E-state index in [1.54, 1.807) is 11.8 Å². The Kier molecular flexibility index (Phi) is 2.90. The maximum Gasteiger partial charge on any atom is 0.159 e. The molecule has 0 amide bonds. The molecule has 0 atom stereocenters. The van der Waals surface area contributed by atoms with E-state index in [4.69, 9.17) is 10.4 Å². The highest BCUT2D eigenvalue weighted by Crippen LogP contribution is 2.31. The molecule has 0 bridgehead atoms. The SMILES string of the molecule is Nc1ccc(SCc2ccccc2)c2nonc12. The highest BCUT2D eigenvalue weighted by Gasteiger charge is 2.10. The van der Waals surface area contributed by atoms with Crippen LogP contribution in [0.2, 0.25) is 0 Å². The highest BCUT2D eigenvalue weighted by molar-refractivity contribution is 7.98. The smallest absolute Gasteiger partial charge is 0.159 e. The Balaban J connectivity index is 1.87. The number of aromatic nitrogens is 2. The lowest BCUT2D eigenvalue weighted by Crippen LogP contribution is -1.88. The zero-order valence-electron chi connectivity index (χ0n) is 9.54. The molecule has 18 heavy (non-hydrogen) atoms. The molecule has 0 aliphatic rings. The molecule has 1 aromatic heterocycles. The predicted molar refractivity (Wildman–Crippen MR) is 72.2 cm³/mol. The van der Waals surface area contributed by atoms with Crippen molar-refractivity contribution in [2.75, 3.05) is 5.73 Å². The third-order valence-electron chi connectivity index (χ3n) is 2.65. The van der Waals surface area contributed by atoms with Gasteiger partial charge in [-0.3, -0.25) is 0 Å². The lowest BCUT2D eigenvalue weighted by molar-refractivity contribution is 0.315. The van der Waals surface area contributed by atoms with Crippen LogP contribution in [0.15, 0.2) is 52.0 Å². The second-order valence-electron chi connectivity index (χ2n) is 3.89. The number of benzene rings is 2. The fourth-order valence-electron chi connectivity index (χ4n) is 1.71. The Bertz CT molecular complexity index is 666. The number of hydrogen-bond donors (Lipinski definition) is 1. The molecule has 0 aliphatic heterocycles. The summed E-state index contributed by atoms with van der Waals surface area (Å²) in [5.41, 5.74) is 9.03. The van der Waals surface area contributed by atoms with Gasteiger partial charge >= 0.3 is 0 Å². The van der Waals surface area contributed by atoms with Crippen molar-refractivity contribution in [3.05, 3.63) is 48.0 Å². The van der Waals surface area contributed by atoms with Gasteiger partial charge < -0.3 is 5.73 Å². The average Bonchev–Trinajstić information content (AvgIpc) is 2.90. The molecular formula is C13H11N3OS. The Labute approximate surface area is 108 Å². The summed E-state index contributed by atoms with van der Waals surface area (Å²) in [6, 6.07) is 14.1. The number of nitrogen functional groups attached to an aromatic ring is 1. The van der Waals surface area contributed by atoms with Gasteiger partial charge in [0.25, 0.3) is 0 Å². The molecule has 5 heteroatoms.